The highest BCUT2D eigenvalue weighted by molar-refractivity contribution is 7.13. The molecule has 1 aliphatic heterocycles. The number of carbonyl (C=O) groups excluding carboxylic acids is 1. The van der Waals surface area contributed by atoms with Crippen molar-refractivity contribution in [2.45, 2.75) is 19.4 Å². The molecule has 0 spiro atoms. The van der Waals surface area contributed by atoms with E-state index in [4.69, 9.17) is 9.26 Å². The Morgan fingerprint density at radius 2 is 2.19 bits per heavy atom. The van der Waals surface area contributed by atoms with Crippen LogP contribution in [0.5, 0.6) is 0 Å². The van der Waals surface area contributed by atoms with E-state index >= 15 is 0 Å². The van der Waals surface area contributed by atoms with Gasteiger partial charge in [-0.3, -0.25) is 4.79 Å². The molecule has 1 saturated heterocycles. The predicted octanol–water partition coefficient (Wildman–Crippen LogP) is 2.97. The molecule has 0 N–H and O–H groups in total. The van der Waals surface area contributed by atoms with Crippen molar-refractivity contribution in [2.24, 2.45) is 0 Å². The summed E-state index contributed by atoms with van der Waals surface area (Å²) in [6.07, 6.45) is 2.46. The predicted molar refractivity (Wildman–Crippen MR) is 95.8 cm³/mol. The van der Waals surface area contributed by atoms with Gasteiger partial charge in [-0.15, -0.1) is 11.3 Å². The van der Waals surface area contributed by atoms with Crippen molar-refractivity contribution in [3.63, 3.8) is 0 Å². The van der Waals surface area contributed by atoms with Gasteiger partial charge in [0.2, 0.25) is 0 Å². The Hall–Kier alpha value is -2.58. The van der Waals surface area contributed by atoms with Crippen LogP contribution in [0.4, 0.5) is 0 Å². The molecular formula is C18H18N4O3S. The minimum atomic E-state index is -0.371. The van der Waals surface area contributed by atoms with Crippen LogP contribution in [0.3, 0.4) is 0 Å². The first kappa shape index (κ1) is 16.9. The van der Waals surface area contributed by atoms with Crippen LogP contribution < -0.4 is 0 Å². The van der Waals surface area contributed by atoms with Gasteiger partial charge in [-0.2, -0.15) is 4.98 Å². The molecule has 4 rings (SSSR count). The molecule has 2 aromatic heterocycles. The zero-order valence-electron chi connectivity index (χ0n) is 14.3. The molecule has 26 heavy (non-hydrogen) atoms. The molecule has 7 nitrogen and oxygen atoms in total. The normalized spacial score (nSPS) is 17.4. The summed E-state index contributed by atoms with van der Waals surface area (Å²) in [6.45, 7) is 3.34. The van der Waals surface area contributed by atoms with E-state index in [-0.39, 0.29) is 11.9 Å². The Bertz CT molecular complexity index is 893. The molecule has 0 bridgehead atoms. The molecule has 1 fully saturated rings. The maximum atomic E-state index is 12.9. The van der Waals surface area contributed by atoms with Crippen LogP contribution in [-0.2, 0) is 11.2 Å². The molecule has 0 radical (unpaired) electrons. The Morgan fingerprint density at radius 1 is 1.35 bits per heavy atom. The van der Waals surface area contributed by atoms with Crippen LogP contribution in [0.2, 0.25) is 0 Å². The number of morpholine rings is 1. The van der Waals surface area contributed by atoms with Crippen LogP contribution in [0.1, 0.15) is 33.5 Å². The molecule has 1 atom stereocenters. The van der Waals surface area contributed by atoms with Gasteiger partial charge in [-0.1, -0.05) is 30.3 Å². The van der Waals surface area contributed by atoms with Crippen LogP contribution in [-0.4, -0.2) is 45.7 Å². The number of benzene rings is 1. The molecule has 1 unspecified atom stereocenters. The monoisotopic (exact) mass is 370 g/mol. The molecule has 0 aliphatic carbocycles. The van der Waals surface area contributed by atoms with Crippen LogP contribution in [0.25, 0.3) is 11.5 Å². The van der Waals surface area contributed by atoms with Crippen molar-refractivity contribution >= 4 is 17.2 Å². The number of hydrogen-bond donors (Lipinski definition) is 0. The van der Waals surface area contributed by atoms with E-state index in [0.29, 0.717) is 36.4 Å². The average molecular weight is 370 g/mol. The van der Waals surface area contributed by atoms with Crippen LogP contribution in [0.15, 0.2) is 41.1 Å². The maximum absolute atomic E-state index is 12.9. The molecule has 1 amide bonds. The fraction of sp³-hybridized carbons (Fsp3) is 0.333. The van der Waals surface area contributed by atoms with E-state index in [2.05, 4.69) is 15.1 Å². The summed E-state index contributed by atoms with van der Waals surface area (Å²) in [5.74, 6) is 0.823. The van der Waals surface area contributed by atoms with E-state index in [9.17, 15) is 4.79 Å². The molecule has 3 aromatic rings. The van der Waals surface area contributed by atoms with Crippen molar-refractivity contribution in [1.29, 1.82) is 0 Å². The van der Waals surface area contributed by atoms with E-state index in [1.165, 1.54) is 11.3 Å². The summed E-state index contributed by atoms with van der Waals surface area (Å²) >= 11 is 1.43. The quantitative estimate of drug-likeness (QED) is 0.702. The highest BCUT2D eigenvalue weighted by Crippen LogP contribution is 2.27. The van der Waals surface area contributed by atoms with Crippen LogP contribution in [0, 0.1) is 0 Å². The summed E-state index contributed by atoms with van der Waals surface area (Å²) in [4.78, 5) is 24.1. The number of amides is 1. The average Bonchev–Trinajstić information content (AvgIpc) is 3.38. The van der Waals surface area contributed by atoms with E-state index in [1.54, 1.807) is 11.1 Å². The van der Waals surface area contributed by atoms with E-state index in [0.717, 1.165) is 17.0 Å². The molecule has 134 valence electrons. The molecule has 1 aliphatic rings. The number of hydrogen-bond acceptors (Lipinski definition) is 7. The van der Waals surface area contributed by atoms with Gasteiger partial charge in [0.25, 0.3) is 11.8 Å². The second kappa shape index (κ2) is 7.35. The Balaban J connectivity index is 1.60. The smallest absolute Gasteiger partial charge is 0.266 e. The molecule has 1 aromatic carbocycles. The first-order chi connectivity index (χ1) is 12.8. The number of aryl methyl sites for hydroxylation is 1. The lowest BCUT2D eigenvalue weighted by atomic mass is 10.2. The molecule has 3 heterocycles. The maximum Gasteiger partial charge on any atom is 0.266 e. The molecule has 0 saturated carbocycles. The Labute approximate surface area is 154 Å². The second-order valence-electron chi connectivity index (χ2n) is 5.88. The number of ether oxygens (including phenoxy) is 1. The number of nitrogens with zero attached hydrogens (tertiary/aromatic N) is 4. The van der Waals surface area contributed by atoms with Gasteiger partial charge in [-0.05, 0) is 18.6 Å². The summed E-state index contributed by atoms with van der Waals surface area (Å²) < 4.78 is 11.0. The van der Waals surface area contributed by atoms with Crippen LogP contribution >= 0.6 is 11.3 Å². The topological polar surface area (TPSA) is 81.4 Å². The number of carbonyl (C=O) groups is 1. The number of rotatable bonds is 4. The Morgan fingerprint density at radius 3 is 2.96 bits per heavy atom. The van der Waals surface area contributed by atoms with E-state index in [1.807, 2.05) is 37.3 Å². The highest BCUT2D eigenvalue weighted by Gasteiger charge is 2.33. The van der Waals surface area contributed by atoms with Crippen molar-refractivity contribution in [3.05, 3.63) is 52.2 Å². The van der Waals surface area contributed by atoms with Gasteiger partial charge in [0.15, 0.2) is 5.82 Å². The first-order valence-electron chi connectivity index (χ1n) is 8.48. The van der Waals surface area contributed by atoms with Crippen molar-refractivity contribution in [3.8, 4) is 11.5 Å². The zero-order chi connectivity index (χ0) is 17.9. The lowest BCUT2D eigenvalue weighted by Gasteiger charge is -2.33. The van der Waals surface area contributed by atoms with Crippen molar-refractivity contribution in [2.75, 3.05) is 19.8 Å². The fourth-order valence-electron chi connectivity index (χ4n) is 2.84. The third kappa shape index (κ3) is 3.25. The first-order valence-corrected chi connectivity index (χ1v) is 9.30. The van der Waals surface area contributed by atoms with Gasteiger partial charge in [0.1, 0.15) is 10.9 Å². The SMILES string of the molecule is CCc1ncc(C(=O)N2CCOCC2c2noc(-c3ccccc3)n2)s1. The third-order valence-corrected chi connectivity index (χ3v) is 5.35. The van der Waals surface area contributed by atoms with Gasteiger partial charge in [-0.25, -0.2) is 4.98 Å². The summed E-state index contributed by atoms with van der Waals surface area (Å²) in [5.41, 5.74) is 0.843. The summed E-state index contributed by atoms with van der Waals surface area (Å²) in [6, 6.07) is 9.18. The number of thiazole rings is 1. The highest BCUT2D eigenvalue weighted by atomic mass is 32.1. The molecular weight excluding hydrogens is 352 g/mol. The molecule has 8 heteroatoms. The zero-order valence-corrected chi connectivity index (χ0v) is 15.1. The van der Waals surface area contributed by atoms with Crippen molar-refractivity contribution < 1.29 is 14.1 Å². The number of aromatic nitrogens is 3. The standard InChI is InChI=1S/C18H18N4O3S/c1-2-15-19-10-14(26-15)18(23)22-8-9-24-11-13(22)16-20-17(25-21-16)12-6-4-3-5-7-12/h3-7,10,13H,2,8-9,11H2,1H3. The fourth-order valence-corrected chi connectivity index (χ4v) is 3.66. The minimum Gasteiger partial charge on any atom is -0.377 e. The third-order valence-electron chi connectivity index (χ3n) is 4.22. The Kier molecular flexibility index (Phi) is 4.77. The van der Waals surface area contributed by atoms with Gasteiger partial charge >= 0.3 is 0 Å². The summed E-state index contributed by atoms with van der Waals surface area (Å²) in [5, 5.41) is 5.04. The van der Waals surface area contributed by atoms with Crippen molar-refractivity contribution in [1.82, 2.24) is 20.0 Å². The van der Waals surface area contributed by atoms with Gasteiger partial charge in [0, 0.05) is 12.1 Å². The van der Waals surface area contributed by atoms with Gasteiger partial charge < -0.3 is 14.2 Å². The minimum absolute atomic E-state index is 0.0680. The second-order valence-corrected chi connectivity index (χ2v) is 7.00. The van der Waals surface area contributed by atoms with E-state index < -0.39 is 0 Å². The van der Waals surface area contributed by atoms with Gasteiger partial charge in [0.05, 0.1) is 24.4 Å². The lowest BCUT2D eigenvalue weighted by Crippen LogP contribution is -2.43. The summed E-state index contributed by atoms with van der Waals surface area (Å²) in [7, 11) is 0. The largest absolute Gasteiger partial charge is 0.377 e. The lowest BCUT2D eigenvalue weighted by molar-refractivity contribution is -0.00552.